The molecule has 0 spiro atoms. The van der Waals surface area contributed by atoms with Gasteiger partial charge >= 0.3 is 5.97 Å². The number of unbranched alkanes of at least 4 members (excludes halogenated alkanes) is 52. The zero-order valence-corrected chi connectivity index (χ0v) is 53.4. The molecule has 3 N–H and O–H groups in total. The SMILES string of the molecule is CCCCC/C=C\C/C=C\CCCCCCCC(=O)OCCCCCCCCCCCCCCCCCCCCCCCCCCCCCCCC(=O)NC(CO)C(O)/C=C/CCCCCCCCCCCCCCCCCC. The number of allylic oxidation sites excluding steroid dienone is 5. The Morgan fingerprint density at radius 3 is 0.987 bits per heavy atom. The van der Waals surface area contributed by atoms with Gasteiger partial charge in [-0.15, -0.1) is 0 Å². The van der Waals surface area contributed by atoms with E-state index in [1.165, 1.54) is 315 Å². The van der Waals surface area contributed by atoms with Gasteiger partial charge in [-0.25, -0.2) is 0 Å². The molecule has 2 atom stereocenters. The van der Waals surface area contributed by atoms with E-state index in [0.717, 1.165) is 51.4 Å². The molecule has 0 saturated heterocycles. The van der Waals surface area contributed by atoms with Gasteiger partial charge in [-0.1, -0.05) is 352 Å². The summed E-state index contributed by atoms with van der Waals surface area (Å²) in [6.45, 7) is 4.91. The molecule has 0 bridgehead atoms. The second-order valence-corrected chi connectivity index (χ2v) is 24.6. The highest BCUT2D eigenvalue weighted by Crippen LogP contribution is 2.19. The first-order valence-corrected chi connectivity index (χ1v) is 35.8. The number of carbonyl (C=O) groups excluding carboxylic acids is 2. The maximum atomic E-state index is 12.5. The van der Waals surface area contributed by atoms with Crippen LogP contribution in [0.5, 0.6) is 0 Å². The molecule has 0 aliphatic rings. The highest BCUT2D eigenvalue weighted by atomic mass is 16.5. The first kappa shape index (κ1) is 77.1. The van der Waals surface area contributed by atoms with E-state index in [1.54, 1.807) is 6.08 Å². The van der Waals surface area contributed by atoms with Crippen LogP contribution in [0, 0.1) is 0 Å². The molecule has 1 amide bonds. The minimum atomic E-state index is -0.843. The van der Waals surface area contributed by atoms with E-state index in [-0.39, 0.29) is 18.5 Å². The fourth-order valence-corrected chi connectivity index (χ4v) is 11.2. The Labute approximate surface area is 494 Å². The standard InChI is InChI=1S/C73H139NO5/c1-3-5-7-9-11-13-15-17-19-20-34-38-41-45-49-53-57-61-65-71(76)70(69-75)74-72(77)66-62-58-54-50-46-42-39-35-32-30-28-26-24-22-21-23-25-27-29-31-33-36-40-44-48-52-56-60-64-68-79-73(78)67-63-59-55-51-47-43-37-18-16-14-12-10-8-6-4-2/h12,14,18,37,61,65,70-71,75-76H,3-11,13,15-17,19-36,38-60,62-64,66-69H2,1-2H3,(H,74,77)/b14-12-,37-18-,65-61+. The fourth-order valence-electron chi connectivity index (χ4n) is 11.2. The number of amides is 1. The molecule has 0 fully saturated rings. The lowest BCUT2D eigenvalue weighted by Crippen LogP contribution is -2.45. The van der Waals surface area contributed by atoms with Crippen molar-refractivity contribution in [2.45, 2.75) is 405 Å². The Bertz CT molecular complexity index is 1280. The average molecular weight is 1110 g/mol. The lowest BCUT2D eigenvalue weighted by molar-refractivity contribution is -0.143. The smallest absolute Gasteiger partial charge is 0.305 e. The average Bonchev–Trinajstić information content (AvgIpc) is 3.45. The Morgan fingerprint density at radius 1 is 0.354 bits per heavy atom. The molecule has 6 heteroatoms. The van der Waals surface area contributed by atoms with E-state index in [0.29, 0.717) is 19.4 Å². The second-order valence-electron chi connectivity index (χ2n) is 24.6. The molecular formula is C73H139NO5. The van der Waals surface area contributed by atoms with Crippen LogP contribution in [-0.2, 0) is 14.3 Å². The predicted octanol–water partition coefficient (Wildman–Crippen LogP) is 23.1. The molecule has 0 heterocycles. The van der Waals surface area contributed by atoms with E-state index in [9.17, 15) is 19.8 Å². The second kappa shape index (κ2) is 68.6. The van der Waals surface area contributed by atoms with Gasteiger partial charge in [-0.05, 0) is 64.2 Å². The molecule has 0 aliphatic carbocycles. The number of esters is 1. The van der Waals surface area contributed by atoms with E-state index in [2.05, 4.69) is 43.5 Å². The molecule has 0 aromatic rings. The molecule has 0 aliphatic heterocycles. The summed E-state index contributed by atoms with van der Waals surface area (Å²) >= 11 is 0. The van der Waals surface area contributed by atoms with E-state index in [1.807, 2.05) is 6.08 Å². The zero-order chi connectivity index (χ0) is 57.1. The quantitative estimate of drug-likeness (QED) is 0.0320. The minimum absolute atomic E-state index is 0.00549. The summed E-state index contributed by atoms with van der Waals surface area (Å²) in [6.07, 6.45) is 88.0. The number of rotatable bonds is 67. The van der Waals surface area contributed by atoms with Crippen molar-refractivity contribution in [2.75, 3.05) is 13.2 Å². The Hall–Kier alpha value is -1.92. The lowest BCUT2D eigenvalue weighted by Gasteiger charge is -2.20. The van der Waals surface area contributed by atoms with Crippen LogP contribution in [0.15, 0.2) is 36.5 Å². The summed E-state index contributed by atoms with van der Waals surface area (Å²) in [5.74, 6) is -0.0559. The molecule has 466 valence electrons. The van der Waals surface area contributed by atoms with Crippen molar-refractivity contribution in [1.29, 1.82) is 0 Å². The van der Waals surface area contributed by atoms with Crippen molar-refractivity contribution >= 4 is 11.9 Å². The van der Waals surface area contributed by atoms with Crippen molar-refractivity contribution in [3.05, 3.63) is 36.5 Å². The van der Waals surface area contributed by atoms with Crippen LogP contribution >= 0.6 is 0 Å². The van der Waals surface area contributed by atoms with E-state index in [4.69, 9.17) is 4.74 Å². The van der Waals surface area contributed by atoms with Crippen LogP contribution in [0.3, 0.4) is 0 Å². The summed E-state index contributed by atoms with van der Waals surface area (Å²) in [4.78, 5) is 24.6. The fraction of sp³-hybridized carbons (Fsp3) is 0.890. The predicted molar refractivity (Wildman–Crippen MR) is 347 cm³/mol. The highest BCUT2D eigenvalue weighted by Gasteiger charge is 2.18. The molecule has 2 unspecified atom stereocenters. The van der Waals surface area contributed by atoms with Gasteiger partial charge in [0, 0.05) is 12.8 Å². The highest BCUT2D eigenvalue weighted by molar-refractivity contribution is 5.76. The van der Waals surface area contributed by atoms with Gasteiger partial charge in [0.1, 0.15) is 0 Å². The van der Waals surface area contributed by atoms with Crippen molar-refractivity contribution < 1.29 is 24.5 Å². The van der Waals surface area contributed by atoms with Gasteiger partial charge in [-0.3, -0.25) is 9.59 Å². The Morgan fingerprint density at radius 2 is 0.633 bits per heavy atom. The van der Waals surface area contributed by atoms with Crippen LogP contribution in [0.4, 0.5) is 0 Å². The Kier molecular flexibility index (Phi) is 66.9. The van der Waals surface area contributed by atoms with Gasteiger partial charge in [0.05, 0.1) is 25.4 Å². The largest absolute Gasteiger partial charge is 0.466 e. The van der Waals surface area contributed by atoms with Crippen LogP contribution in [0.2, 0.25) is 0 Å². The number of aliphatic hydroxyl groups excluding tert-OH is 2. The number of nitrogens with one attached hydrogen (secondary N) is 1. The van der Waals surface area contributed by atoms with Crippen molar-refractivity contribution in [2.24, 2.45) is 0 Å². The third-order valence-electron chi connectivity index (χ3n) is 16.7. The van der Waals surface area contributed by atoms with E-state index >= 15 is 0 Å². The number of hydrogen-bond donors (Lipinski definition) is 3. The third-order valence-corrected chi connectivity index (χ3v) is 16.7. The maximum Gasteiger partial charge on any atom is 0.305 e. The van der Waals surface area contributed by atoms with Gasteiger partial charge in [-0.2, -0.15) is 0 Å². The van der Waals surface area contributed by atoms with Crippen LogP contribution < -0.4 is 5.32 Å². The number of hydrogen-bond acceptors (Lipinski definition) is 5. The number of aliphatic hydroxyl groups is 2. The summed E-state index contributed by atoms with van der Waals surface area (Å²) in [6, 6.07) is -0.626. The zero-order valence-electron chi connectivity index (χ0n) is 53.4. The topological polar surface area (TPSA) is 95.9 Å². The molecule has 0 aromatic carbocycles. The Balaban J connectivity index is 3.36. The first-order chi connectivity index (χ1) is 39.0. The molecule has 0 saturated carbocycles. The third kappa shape index (κ3) is 65.1. The van der Waals surface area contributed by atoms with Gasteiger partial charge in [0.25, 0.3) is 0 Å². The molecule has 0 rings (SSSR count). The molecule has 79 heavy (non-hydrogen) atoms. The van der Waals surface area contributed by atoms with E-state index < -0.39 is 12.1 Å². The molecule has 0 radical (unpaired) electrons. The summed E-state index contributed by atoms with van der Waals surface area (Å²) in [5, 5.41) is 23.2. The molecule has 0 aromatic heterocycles. The summed E-state index contributed by atoms with van der Waals surface area (Å²) in [5.41, 5.74) is 0. The van der Waals surface area contributed by atoms with Crippen LogP contribution in [-0.4, -0.2) is 47.4 Å². The maximum absolute atomic E-state index is 12.5. The van der Waals surface area contributed by atoms with Gasteiger partial charge in [0.15, 0.2) is 0 Å². The lowest BCUT2D eigenvalue weighted by atomic mass is 10.0. The van der Waals surface area contributed by atoms with Gasteiger partial charge in [0.2, 0.25) is 5.91 Å². The molecular weight excluding hydrogens is 971 g/mol. The van der Waals surface area contributed by atoms with Gasteiger partial charge < -0.3 is 20.3 Å². The van der Waals surface area contributed by atoms with Crippen molar-refractivity contribution in [1.82, 2.24) is 5.32 Å². The normalized spacial score (nSPS) is 12.7. The molecule has 6 nitrogen and oxygen atoms in total. The summed E-state index contributed by atoms with van der Waals surface area (Å²) < 4.78 is 5.49. The van der Waals surface area contributed by atoms with Crippen molar-refractivity contribution in [3.63, 3.8) is 0 Å². The summed E-state index contributed by atoms with van der Waals surface area (Å²) in [7, 11) is 0. The van der Waals surface area contributed by atoms with Crippen LogP contribution in [0.25, 0.3) is 0 Å². The number of ether oxygens (including phenoxy) is 1. The van der Waals surface area contributed by atoms with Crippen LogP contribution in [0.1, 0.15) is 393 Å². The number of carbonyl (C=O) groups is 2. The van der Waals surface area contributed by atoms with Crippen molar-refractivity contribution in [3.8, 4) is 0 Å². The first-order valence-electron chi connectivity index (χ1n) is 35.8. The minimum Gasteiger partial charge on any atom is -0.466 e. The monoisotopic (exact) mass is 1110 g/mol.